The number of benzene rings is 1. The van der Waals surface area contributed by atoms with Gasteiger partial charge in [0, 0.05) is 10.6 Å². The zero-order valence-corrected chi connectivity index (χ0v) is 7.85. The first-order valence-corrected chi connectivity index (χ1v) is 4.30. The SMILES string of the molecule is O=Cc1cc(Cl)ccc1-n1ccnn1. The van der Waals surface area contributed by atoms with E-state index in [1.807, 2.05) is 0 Å². The van der Waals surface area contributed by atoms with Gasteiger partial charge >= 0.3 is 0 Å². The van der Waals surface area contributed by atoms with Crippen LogP contribution in [-0.2, 0) is 0 Å². The van der Waals surface area contributed by atoms with E-state index in [9.17, 15) is 4.79 Å². The maximum absolute atomic E-state index is 10.8. The van der Waals surface area contributed by atoms with Crippen molar-refractivity contribution in [1.29, 1.82) is 0 Å². The van der Waals surface area contributed by atoms with Crippen molar-refractivity contribution in [2.24, 2.45) is 0 Å². The fraction of sp³-hybridized carbons (Fsp3) is 0. The number of aromatic nitrogens is 3. The molecule has 1 heterocycles. The normalized spacial score (nSPS) is 10.1. The quantitative estimate of drug-likeness (QED) is 0.705. The first-order valence-electron chi connectivity index (χ1n) is 3.92. The lowest BCUT2D eigenvalue weighted by atomic mass is 10.2. The molecule has 0 spiro atoms. The molecule has 0 aliphatic heterocycles. The summed E-state index contributed by atoms with van der Waals surface area (Å²) in [5.74, 6) is 0. The molecule has 0 atom stereocenters. The maximum Gasteiger partial charge on any atom is 0.152 e. The van der Waals surface area contributed by atoms with E-state index in [4.69, 9.17) is 11.6 Å². The van der Waals surface area contributed by atoms with Crippen LogP contribution in [0.5, 0.6) is 0 Å². The Balaban J connectivity index is 2.58. The van der Waals surface area contributed by atoms with Crippen molar-refractivity contribution in [3.63, 3.8) is 0 Å². The number of aldehydes is 1. The third kappa shape index (κ3) is 1.52. The Morgan fingerprint density at radius 2 is 2.29 bits per heavy atom. The summed E-state index contributed by atoms with van der Waals surface area (Å²) >= 11 is 5.75. The van der Waals surface area contributed by atoms with Gasteiger partial charge in [0.25, 0.3) is 0 Å². The van der Waals surface area contributed by atoms with E-state index < -0.39 is 0 Å². The lowest BCUT2D eigenvalue weighted by molar-refractivity contribution is 0.112. The average Bonchev–Trinajstić information content (AvgIpc) is 2.70. The Morgan fingerprint density at radius 3 is 2.93 bits per heavy atom. The zero-order valence-electron chi connectivity index (χ0n) is 7.09. The van der Waals surface area contributed by atoms with E-state index in [0.29, 0.717) is 16.3 Å². The molecule has 0 aliphatic carbocycles. The zero-order chi connectivity index (χ0) is 9.97. The third-order valence-corrected chi connectivity index (χ3v) is 2.02. The minimum Gasteiger partial charge on any atom is -0.298 e. The predicted octanol–water partition coefficient (Wildman–Crippen LogP) is 1.73. The molecule has 0 radical (unpaired) electrons. The van der Waals surface area contributed by atoms with Gasteiger partial charge in [0.1, 0.15) is 0 Å². The molecule has 1 aromatic heterocycles. The van der Waals surface area contributed by atoms with Crippen LogP contribution in [0.25, 0.3) is 5.69 Å². The van der Waals surface area contributed by atoms with Crippen LogP contribution in [0.2, 0.25) is 5.02 Å². The molecule has 1 aromatic carbocycles. The van der Waals surface area contributed by atoms with Gasteiger partial charge in [-0.15, -0.1) is 5.10 Å². The molecule has 2 rings (SSSR count). The van der Waals surface area contributed by atoms with Crippen molar-refractivity contribution in [2.45, 2.75) is 0 Å². The molecule has 14 heavy (non-hydrogen) atoms. The van der Waals surface area contributed by atoms with E-state index in [1.165, 1.54) is 4.68 Å². The van der Waals surface area contributed by atoms with Gasteiger partial charge in [0.05, 0.1) is 18.1 Å². The van der Waals surface area contributed by atoms with Crippen LogP contribution in [0.15, 0.2) is 30.6 Å². The largest absolute Gasteiger partial charge is 0.298 e. The molecule has 4 nitrogen and oxygen atoms in total. The topological polar surface area (TPSA) is 47.8 Å². The van der Waals surface area contributed by atoms with E-state index in [0.717, 1.165) is 6.29 Å². The molecule has 0 fully saturated rings. The van der Waals surface area contributed by atoms with Crippen molar-refractivity contribution >= 4 is 17.9 Å². The average molecular weight is 208 g/mol. The number of halogens is 1. The number of rotatable bonds is 2. The van der Waals surface area contributed by atoms with Crippen LogP contribution in [0.3, 0.4) is 0 Å². The van der Waals surface area contributed by atoms with Crippen molar-refractivity contribution in [3.8, 4) is 5.69 Å². The van der Waals surface area contributed by atoms with Crippen molar-refractivity contribution in [2.75, 3.05) is 0 Å². The van der Waals surface area contributed by atoms with E-state index in [2.05, 4.69) is 10.3 Å². The van der Waals surface area contributed by atoms with Crippen molar-refractivity contribution in [3.05, 3.63) is 41.2 Å². The molecular formula is C9H6ClN3O. The second-order valence-electron chi connectivity index (χ2n) is 2.67. The van der Waals surface area contributed by atoms with Crippen molar-refractivity contribution < 1.29 is 4.79 Å². The van der Waals surface area contributed by atoms with Gasteiger partial charge in [0.2, 0.25) is 0 Å². The standard InChI is InChI=1S/C9H6ClN3O/c10-8-1-2-9(7(5-8)6-14)13-4-3-11-12-13/h1-6H. The van der Waals surface area contributed by atoms with E-state index in [-0.39, 0.29) is 0 Å². The molecule has 0 unspecified atom stereocenters. The van der Waals surface area contributed by atoms with Crippen LogP contribution in [0.1, 0.15) is 10.4 Å². The first kappa shape index (κ1) is 8.90. The minimum absolute atomic E-state index is 0.489. The first-order chi connectivity index (χ1) is 6.81. The summed E-state index contributed by atoms with van der Waals surface area (Å²) in [6.45, 7) is 0. The highest BCUT2D eigenvalue weighted by Crippen LogP contribution is 2.17. The summed E-state index contributed by atoms with van der Waals surface area (Å²) < 4.78 is 1.51. The molecule has 0 aliphatic rings. The number of hydrogen-bond acceptors (Lipinski definition) is 3. The van der Waals surface area contributed by atoms with Gasteiger partial charge in [-0.3, -0.25) is 4.79 Å². The Kier molecular flexibility index (Phi) is 2.28. The predicted molar refractivity (Wildman–Crippen MR) is 51.8 cm³/mol. The fourth-order valence-electron chi connectivity index (χ4n) is 1.17. The summed E-state index contributed by atoms with van der Waals surface area (Å²) in [4.78, 5) is 10.8. The number of carbonyl (C=O) groups excluding carboxylic acids is 1. The number of carbonyl (C=O) groups is 1. The summed E-state index contributed by atoms with van der Waals surface area (Å²) in [5, 5.41) is 7.97. The van der Waals surface area contributed by atoms with Crippen molar-refractivity contribution in [1.82, 2.24) is 15.0 Å². The summed E-state index contributed by atoms with van der Waals surface area (Å²) in [6.07, 6.45) is 3.95. The Hall–Kier alpha value is -1.68. The fourth-order valence-corrected chi connectivity index (χ4v) is 1.35. The van der Waals surface area contributed by atoms with Crippen LogP contribution >= 0.6 is 11.6 Å². The summed E-state index contributed by atoms with van der Waals surface area (Å²) in [7, 11) is 0. The highest BCUT2D eigenvalue weighted by Gasteiger charge is 2.04. The van der Waals surface area contributed by atoms with Gasteiger partial charge in [-0.05, 0) is 18.2 Å². The lowest BCUT2D eigenvalue weighted by Gasteiger charge is -2.03. The molecule has 2 aromatic rings. The molecular weight excluding hydrogens is 202 g/mol. The van der Waals surface area contributed by atoms with Gasteiger partial charge in [-0.2, -0.15) is 0 Å². The molecule has 0 amide bonds. The number of hydrogen-bond donors (Lipinski definition) is 0. The molecule has 70 valence electrons. The highest BCUT2D eigenvalue weighted by atomic mass is 35.5. The molecule has 0 bridgehead atoms. The second kappa shape index (κ2) is 3.59. The lowest BCUT2D eigenvalue weighted by Crippen LogP contribution is -1.99. The van der Waals surface area contributed by atoms with E-state index in [1.54, 1.807) is 30.6 Å². The maximum atomic E-state index is 10.8. The van der Waals surface area contributed by atoms with Crippen LogP contribution < -0.4 is 0 Å². The third-order valence-electron chi connectivity index (χ3n) is 1.79. The second-order valence-corrected chi connectivity index (χ2v) is 3.11. The highest BCUT2D eigenvalue weighted by molar-refractivity contribution is 6.30. The van der Waals surface area contributed by atoms with Crippen LogP contribution in [0.4, 0.5) is 0 Å². The Bertz CT molecular complexity index is 453. The van der Waals surface area contributed by atoms with Crippen LogP contribution in [-0.4, -0.2) is 21.3 Å². The molecule has 5 heteroatoms. The van der Waals surface area contributed by atoms with Gasteiger partial charge in [-0.1, -0.05) is 16.8 Å². The Labute approximate surface area is 85.1 Å². The summed E-state index contributed by atoms with van der Waals surface area (Å²) in [6, 6.07) is 5.01. The minimum atomic E-state index is 0.489. The van der Waals surface area contributed by atoms with Gasteiger partial charge in [0.15, 0.2) is 6.29 Å². The number of nitrogens with zero attached hydrogens (tertiary/aromatic N) is 3. The molecule has 0 saturated heterocycles. The van der Waals surface area contributed by atoms with Gasteiger partial charge < -0.3 is 0 Å². The molecule has 0 saturated carbocycles. The summed E-state index contributed by atoms with van der Waals surface area (Å²) in [5.41, 5.74) is 1.16. The monoisotopic (exact) mass is 207 g/mol. The smallest absolute Gasteiger partial charge is 0.152 e. The van der Waals surface area contributed by atoms with Crippen LogP contribution in [0, 0.1) is 0 Å². The Morgan fingerprint density at radius 1 is 1.43 bits per heavy atom. The van der Waals surface area contributed by atoms with Gasteiger partial charge in [-0.25, -0.2) is 4.68 Å². The molecule has 0 N–H and O–H groups in total. The van der Waals surface area contributed by atoms with E-state index >= 15 is 0 Å².